The minimum atomic E-state index is -1.03. The summed E-state index contributed by atoms with van der Waals surface area (Å²) in [5, 5.41) is 21.8. The van der Waals surface area contributed by atoms with E-state index in [9.17, 15) is 24.8 Å². The number of carboxylic acid groups (broad SMARTS) is 1. The van der Waals surface area contributed by atoms with Crippen molar-refractivity contribution >= 4 is 23.4 Å². The molecule has 0 bridgehead atoms. The Morgan fingerprint density at radius 2 is 1.88 bits per heavy atom. The van der Waals surface area contributed by atoms with E-state index >= 15 is 0 Å². The number of pyridine rings is 1. The number of nitro groups is 1. The number of benzene rings is 2. The quantitative estimate of drug-likeness (QED) is 0.226. The molecule has 3 aromatic rings. The second-order valence-corrected chi connectivity index (χ2v) is 10.3. The summed E-state index contributed by atoms with van der Waals surface area (Å²) in [6.45, 7) is 4.57. The van der Waals surface area contributed by atoms with Gasteiger partial charge in [0.1, 0.15) is 5.69 Å². The molecule has 1 aliphatic rings. The lowest BCUT2D eigenvalue weighted by molar-refractivity contribution is -0.384. The molecule has 0 radical (unpaired) electrons. The molecule has 1 fully saturated rings. The lowest BCUT2D eigenvalue weighted by Crippen LogP contribution is -2.49. The van der Waals surface area contributed by atoms with Crippen LogP contribution >= 0.6 is 0 Å². The highest BCUT2D eigenvalue weighted by atomic mass is 16.6. The summed E-state index contributed by atoms with van der Waals surface area (Å²) < 4.78 is 5.42. The molecule has 2 heterocycles. The molecule has 222 valence electrons. The first-order valence-electron chi connectivity index (χ1n) is 14.1. The molecule has 4 rings (SSSR count). The summed E-state index contributed by atoms with van der Waals surface area (Å²) >= 11 is 0. The highest BCUT2D eigenvalue weighted by Crippen LogP contribution is 2.34. The van der Waals surface area contributed by atoms with Crippen LogP contribution in [0.5, 0.6) is 0 Å². The second-order valence-electron chi connectivity index (χ2n) is 10.3. The SMILES string of the molecule is CCCCN(C)c1ccc(-c2cccc(CN(C(=O)N3CCOCC3)C(CC(=O)O)c3cccnc3)c2)cc1[N+](=O)[O-]. The van der Waals surface area contributed by atoms with Gasteiger partial charge in [0, 0.05) is 51.7 Å². The number of hydrogen-bond acceptors (Lipinski definition) is 7. The van der Waals surface area contributed by atoms with E-state index < -0.39 is 12.0 Å². The fourth-order valence-corrected chi connectivity index (χ4v) is 5.13. The maximum absolute atomic E-state index is 13.9. The van der Waals surface area contributed by atoms with E-state index in [4.69, 9.17) is 4.74 Å². The Bertz CT molecular complexity index is 1380. The van der Waals surface area contributed by atoms with Gasteiger partial charge < -0.3 is 24.5 Å². The number of nitrogens with zero attached hydrogens (tertiary/aromatic N) is 5. The van der Waals surface area contributed by atoms with E-state index in [1.165, 1.54) is 0 Å². The van der Waals surface area contributed by atoms with E-state index in [0.717, 1.165) is 24.0 Å². The first kappa shape index (κ1) is 30.4. The number of carboxylic acids is 1. The van der Waals surface area contributed by atoms with Crippen molar-refractivity contribution in [3.05, 3.63) is 88.2 Å². The number of morpholine rings is 1. The third kappa shape index (κ3) is 7.61. The highest BCUT2D eigenvalue weighted by Gasteiger charge is 2.32. The van der Waals surface area contributed by atoms with Gasteiger partial charge in [0.25, 0.3) is 5.69 Å². The van der Waals surface area contributed by atoms with Crippen LogP contribution in [0.15, 0.2) is 67.0 Å². The number of urea groups is 1. The second kappa shape index (κ2) is 14.4. The molecular formula is C31H37N5O6. The molecule has 11 heteroatoms. The number of anilines is 1. The maximum Gasteiger partial charge on any atom is 0.320 e. The Morgan fingerprint density at radius 1 is 1.12 bits per heavy atom. The van der Waals surface area contributed by atoms with E-state index in [2.05, 4.69) is 11.9 Å². The number of ether oxygens (including phenoxy) is 1. The monoisotopic (exact) mass is 575 g/mol. The highest BCUT2D eigenvalue weighted by molar-refractivity contribution is 5.77. The van der Waals surface area contributed by atoms with Crippen LogP contribution in [0.2, 0.25) is 0 Å². The average molecular weight is 576 g/mol. The fraction of sp³-hybridized carbons (Fsp3) is 0.387. The molecule has 0 saturated carbocycles. The number of carbonyl (C=O) groups excluding carboxylic acids is 1. The lowest BCUT2D eigenvalue weighted by Gasteiger charge is -2.37. The van der Waals surface area contributed by atoms with E-state index in [1.807, 2.05) is 42.3 Å². The van der Waals surface area contributed by atoms with E-state index in [-0.39, 0.29) is 29.6 Å². The van der Waals surface area contributed by atoms with Crippen LogP contribution in [0.25, 0.3) is 11.1 Å². The Balaban J connectivity index is 1.69. The number of unbranched alkanes of at least 4 members (excludes halogenated alkanes) is 1. The van der Waals surface area contributed by atoms with Crippen molar-refractivity contribution in [3.8, 4) is 11.1 Å². The number of aliphatic carboxylic acids is 1. The van der Waals surface area contributed by atoms with Gasteiger partial charge in [0.15, 0.2) is 0 Å². The molecule has 42 heavy (non-hydrogen) atoms. The smallest absolute Gasteiger partial charge is 0.320 e. The van der Waals surface area contributed by atoms with Crippen LogP contribution in [0, 0.1) is 10.1 Å². The van der Waals surface area contributed by atoms with Crippen LogP contribution in [0.1, 0.15) is 43.4 Å². The Labute approximate surface area is 245 Å². The minimum absolute atomic E-state index is 0.0266. The molecule has 2 aromatic carbocycles. The van der Waals surface area contributed by atoms with Crippen molar-refractivity contribution in [3.63, 3.8) is 0 Å². The van der Waals surface area contributed by atoms with Crippen molar-refractivity contribution in [1.29, 1.82) is 0 Å². The van der Waals surface area contributed by atoms with Crippen molar-refractivity contribution in [1.82, 2.24) is 14.8 Å². The number of amides is 2. The zero-order chi connectivity index (χ0) is 30.1. The van der Waals surface area contributed by atoms with Gasteiger partial charge in [0.2, 0.25) is 0 Å². The van der Waals surface area contributed by atoms with Crippen molar-refractivity contribution < 1.29 is 24.4 Å². The summed E-state index contributed by atoms with van der Waals surface area (Å²) in [7, 11) is 1.86. The van der Waals surface area contributed by atoms with Gasteiger partial charge in [-0.3, -0.25) is 19.9 Å². The number of carbonyl (C=O) groups is 2. The van der Waals surface area contributed by atoms with Crippen LogP contribution in [-0.4, -0.2) is 76.7 Å². The third-order valence-corrected chi connectivity index (χ3v) is 7.38. The summed E-state index contributed by atoms with van der Waals surface area (Å²) in [6, 6.07) is 15.1. The summed E-state index contributed by atoms with van der Waals surface area (Å²) in [6.07, 6.45) is 4.81. The zero-order valence-electron chi connectivity index (χ0n) is 24.0. The van der Waals surface area contributed by atoms with Crippen molar-refractivity contribution in [2.45, 2.75) is 38.8 Å². The van der Waals surface area contributed by atoms with Gasteiger partial charge in [-0.05, 0) is 46.9 Å². The minimum Gasteiger partial charge on any atom is -0.481 e. The molecule has 1 saturated heterocycles. The topological polar surface area (TPSA) is 129 Å². The van der Waals surface area contributed by atoms with Gasteiger partial charge in [-0.25, -0.2) is 4.79 Å². The zero-order valence-corrected chi connectivity index (χ0v) is 24.0. The van der Waals surface area contributed by atoms with E-state index in [0.29, 0.717) is 49.7 Å². The molecule has 1 N–H and O–H groups in total. The van der Waals surface area contributed by atoms with Crippen LogP contribution in [-0.2, 0) is 16.1 Å². The summed E-state index contributed by atoms with van der Waals surface area (Å²) in [4.78, 5) is 46.7. The van der Waals surface area contributed by atoms with Gasteiger partial charge in [-0.1, -0.05) is 43.7 Å². The lowest BCUT2D eigenvalue weighted by atomic mass is 10.00. The third-order valence-electron chi connectivity index (χ3n) is 7.38. The van der Waals surface area contributed by atoms with E-state index in [1.54, 1.807) is 46.5 Å². The van der Waals surface area contributed by atoms with Crippen molar-refractivity contribution in [2.24, 2.45) is 0 Å². The summed E-state index contributed by atoms with van der Waals surface area (Å²) in [5.74, 6) is -1.03. The number of nitro benzene ring substituents is 1. The predicted octanol–water partition coefficient (Wildman–Crippen LogP) is 5.36. The number of aromatic nitrogens is 1. The van der Waals surface area contributed by atoms with Crippen LogP contribution < -0.4 is 4.90 Å². The normalized spacial score (nSPS) is 13.8. The van der Waals surface area contributed by atoms with Gasteiger partial charge in [-0.15, -0.1) is 0 Å². The standard InChI is InChI=1S/C31H37N5O6/c1-3-4-13-33(2)27-11-10-25(19-29(27)36(40)41)24-8-5-7-23(18-24)22-35(31(39)34-14-16-42-17-15-34)28(20-30(37)38)26-9-6-12-32-21-26/h5-12,18-19,21,28H,3-4,13-17,20,22H2,1-2H3,(H,37,38). The first-order valence-corrected chi connectivity index (χ1v) is 14.1. The first-order chi connectivity index (χ1) is 20.3. The Morgan fingerprint density at radius 3 is 2.55 bits per heavy atom. The molecule has 2 amide bonds. The maximum atomic E-state index is 13.9. The van der Waals surface area contributed by atoms with Gasteiger partial charge >= 0.3 is 12.0 Å². The van der Waals surface area contributed by atoms with Crippen LogP contribution in [0.3, 0.4) is 0 Å². The molecule has 1 atom stereocenters. The molecule has 1 unspecified atom stereocenters. The largest absolute Gasteiger partial charge is 0.481 e. The predicted molar refractivity (Wildman–Crippen MR) is 159 cm³/mol. The number of rotatable bonds is 12. The van der Waals surface area contributed by atoms with Crippen LogP contribution in [0.4, 0.5) is 16.2 Å². The Kier molecular flexibility index (Phi) is 10.4. The fourth-order valence-electron chi connectivity index (χ4n) is 5.13. The molecule has 0 aliphatic carbocycles. The number of hydrogen-bond donors (Lipinski definition) is 1. The average Bonchev–Trinajstić information content (AvgIpc) is 3.01. The Hall–Kier alpha value is -4.51. The van der Waals surface area contributed by atoms with Gasteiger partial charge in [0.05, 0.1) is 30.6 Å². The molecule has 0 spiro atoms. The van der Waals surface area contributed by atoms with Crippen molar-refractivity contribution in [2.75, 3.05) is 44.8 Å². The molecule has 1 aromatic heterocycles. The molecule has 1 aliphatic heterocycles. The van der Waals surface area contributed by atoms with Gasteiger partial charge in [-0.2, -0.15) is 0 Å². The molecule has 11 nitrogen and oxygen atoms in total. The molecular weight excluding hydrogens is 538 g/mol. The summed E-state index contributed by atoms with van der Waals surface area (Å²) in [5.41, 5.74) is 3.41.